The fraction of sp³-hybridized carbons (Fsp3) is 0.526. The van der Waals surface area contributed by atoms with Gasteiger partial charge in [0.15, 0.2) is 0 Å². The highest BCUT2D eigenvalue weighted by molar-refractivity contribution is 5.95. The van der Waals surface area contributed by atoms with E-state index in [1.54, 1.807) is 0 Å². The molecule has 4 heteroatoms. The maximum absolute atomic E-state index is 12.6. The lowest BCUT2D eigenvalue weighted by atomic mass is 9.82. The van der Waals surface area contributed by atoms with Gasteiger partial charge >= 0.3 is 0 Å². The highest BCUT2D eigenvalue weighted by atomic mass is 16.5. The smallest absolute Gasteiger partial charge is 0.248 e. The Kier molecular flexibility index (Phi) is 3.85. The van der Waals surface area contributed by atoms with Crippen molar-refractivity contribution in [2.45, 2.75) is 37.6 Å². The number of carbonyl (C=O) groups excluding carboxylic acids is 1. The molecule has 2 fully saturated rings. The Morgan fingerprint density at radius 1 is 1.17 bits per heavy atom. The van der Waals surface area contributed by atoms with E-state index in [9.17, 15) is 4.79 Å². The van der Waals surface area contributed by atoms with Crippen molar-refractivity contribution in [3.8, 4) is 0 Å². The van der Waals surface area contributed by atoms with Gasteiger partial charge in [-0.05, 0) is 24.8 Å². The standard InChI is InChI=1S/C19H24N2O2/c22-18(21-9-11-23-12-10-21)13-17-16-6-2-1-5-15(16)14-19(20-17)7-3-4-8-19/h1-2,5-6,13,20H,3-4,7-12,14H2. The van der Waals surface area contributed by atoms with Crippen molar-refractivity contribution in [3.05, 3.63) is 41.5 Å². The monoisotopic (exact) mass is 312 g/mol. The minimum absolute atomic E-state index is 0.0978. The lowest BCUT2D eigenvalue weighted by Crippen LogP contribution is -2.47. The van der Waals surface area contributed by atoms with Crippen LogP contribution in [0.2, 0.25) is 0 Å². The zero-order chi connectivity index (χ0) is 15.7. The summed E-state index contributed by atoms with van der Waals surface area (Å²) < 4.78 is 5.34. The van der Waals surface area contributed by atoms with Crippen molar-refractivity contribution >= 4 is 11.6 Å². The van der Waals surface area contributed by atoms with Crippen molar-refractivity contribution in [1.82, 2.24) is 10.2 Å². The molecule has 0 radical (unpaired) electrons. The van der Waals surface area contributed by atoms with Crippen LogP contribution in [0.15, 0.2) is 30.3 Å². The summed E-state index contributed by atoms with van der Waals surface area (Å²) in [5.41, 5.74) is 3.72. The Balaban J connectivity index is 1.65. The average Bonchev–Trinajstić information content (AvgIpc) is 3.03. The number of nitrogens with zero attached hydrogens (tertiary/aromatic N) is 1. The van der Waals surface area contributed by atoms with Crippen LogP contribution in [0.1, 0.15) is 36.8 Å². The van der Waals surface area contributed by atoms with Crippen molar-refractivity contribution in [1.29, 1.82) is 0 Å². The number of nitrogens with one attached hydrogen (secondary N) is 1. The van der Waals surface area contributed by atoms with Gasteiger partial charge in [-0.25, -0.2) is 0 Å². The van der Waals surface area contributed by atoms with Gasteiger partial charge in [0, 0.05) is 36.0 Å². The van der Waals surface area contributed by atoms with Crippen LogP contribution in [0.3, 0.4) is 0 Å². The Labute approximate surface area is 137 Å². The number of hydrogen-bond donors (Lipinski definition) is 1. The molecule has 1 aromatic rings. The lowest BCUT2D eigenvalue weighted by molar-refractivity contribution is -0.129. The van der Waals surface area contributed by atoms with Gasteiger partial charge in [-0.3, -0.25) is 4.79 Å². The third-order valence-electron chi connectivity index (χ3n) is 5.39. The van der Waals surface area contributed by atoms with Crippen LogP contribution in [-0.2, 0) is 16.0 Å². The molecular weight excluding hydrogens is 288 g/mol. The summed E-state index contributed by atoms with van der Waals surface area (Å²) in [7, 11) is 0. The molecule has 1 N–H and O–H groups in total. The largest absolute Gasteiger partial charge is 0.379 e. The predicted molar refractivity (Wildman–Crippen MR) is 89.9 cm³/mol. The number of fused-ring (bicyclic) bond motifs is 1. The summed E-state index contributed by atoms with van der Waals surface area (Å²) >= 11 is 0. The van der Waals surface area contributed by atoms with Crippen LogP contribution in [0.25, 0.3) is 5.70 Å². The van der Waals surface area contributed by atoms with Crippen LogP contribution in [0.5, 0.6) is 0 Å². The summed E-state index contributed by atoms with van der Waals surface area (Å²) in [5, 5.41) is 3.74. The number of rotatable bonds is 1. The van der Waals surface area contributed by atoms with Gasteiger partial charge < -0.3 is 15.0 Å². The summed E-state index contributed by atoms with van der Waals surface area (Å²) in [6.07, 6.45) is 7.84. The Hall–Kier alpha value is -1.81. The molecule has 3 aliphatic rings. The van der Waals surface area contributed by atoms with E-state index in [2.05, 4.69) is 29.6 Å². The first-order valence-electron chi connectivity index (χ1n) is 8.71. The van der Waals surface area contributed by atoms with Crippen molar-refractivity contribution in [2.75, 3.05) is 26.3 Å². The second-order valence-electron chi connectivity index (χ2n) is 6.94. The van der Waals surface area contributed by atoms with Gasteiger partial charge in [0.1, 0.15) is 0 Å². The molecule has 1 aromatic carbocycles. The third kappa shape index (κ3) is 2.88. The van der Waals surface area contributed by atoms with Gasteiger partial charge in [0.05, 0.1) is 13.2 Å². The molecule has 4 rings (SSSR count). The Morgan fingerprint density at radius 2 is 1.91 bits per heavy atom. The molecule has 2 aliphatic heterocycles. The highest BCUT2D eigenvalue weighted by Gasteiger charge is 2.38. The molecule has 1 saturated carbocycles. The van der Waals surface area contributed by atoms with E-state index < -0.39 is 0 Å². The molecule has 0 aromatic heterocycles. The molecular formula is C19H24N2O2. The van der Waals surface area contributed by atoms with E-state index in [1.807, 2.05) is 11.0 Å². The fourth-order valence-corrected chi connectivity index (χ4v) is 4.16. The predicted octanol–water partition coefficient (Wildman–Crippen LogP) is 2.34. The van der Waals surface area contributed by atoms with Crippen LogP contribution in [-0.4, -0.2) is 42.6 Å². The molecule has 1 saturated heterocycles. The molecule has 2 heterocycles. The minimum atomic E-state index is 0.0978. The van der Waals surface area contributed by atoms with Gasteiger partial charge in [0.2, 0.25) is 5.91 Å². The maximum Gasteiger partial charge on any atom is 0.248 e. The molecule has 1 aliphatic carbocycles. The zero-order valence-corrected chi connectivity index (χ0v) is 13.5. The van der Waals surface area contributed by atoms with Gasteiger partial charge in [0.25, 0.3) is 0 Å². The summed E-state index contributed by atoms with van der Waals surface area (Å²) in [5.74, 6) is 0.0978. The molecule has 1 spiro atoms. The van der Waals surface area contributed by atoms with Crippen molar-refractivity contribution in [2.24, 2.45) is 0 Å². The van der Waals surface area contributed by atoms with Crippen LogP contribution in [0.4, 0.5) is 0 Å². The molecule has 4 nitrogen and oxygen atoms in total. The normalized spacial score (nSPS) is 24.5. The number of hydrogen-bond acceptors (Lipinski definition) is 3. The first kappa shape index (κ1) is 14.8. The van der Waals surface area contributed by atoms with Crippen LogP contribution >= 0.6 is 0 Å². The molecule has 23 heavy (non-hydrogen) atoms. The molecule has 0 unspecified atom stereocenters. The van der Waals surface area contributed by atoms with Gasteiger partial charge in [-0.1, -0.05) is 37.1 Å². The van der Waals surface area contributed by atoms with Gasteiger partial charge in [-0.15, -0.1) is 0 Å². The van der Waals surface area contributed by atoms with E-state index >= 15 is 0 Å². The molecule has 0 bridgehead atoms. The SMILES string of the molecule is O=C(C=C1NC2(CCCC2)Cc2ccccc21)N1CCOCC1. The topological polar surface area (TPSA) is 41.6 Å². The van der Waals surface area contributed by atoms with Crippen molar-refractivity contribution < 1.29 is 9.53 Å². The number of ether oxygens (including phenoxy) is 1. The van der Waals surface area contributed by atoms with E-state index in [-0.39, 0.29) is 11.4 Å². The highest BCUT2D eigenvalue weighted by Crippen LogP contribution is 2.39. The quantitative estimate of drug-likeness (QED) is 0.809. The molecule has 1 amide bonds. The summed E-state index contributed by atoms with van der Waals surface area (Å²) in [4.78, 5) is 14.5. The Morgan fingerprint density at radius 3 is 2.70 bits per heavy atom. The van der Waals surface area contributed by atoms with Crippen molar-refractivity contribution in [3.63, 3.8) is 0 Å². The molecule has 122 valence electrons. The van der Waals surface area contributed by atoms with E-state index in [4.69, 9.17) is 4.74 Å². The van der Waals surface area contributed by atoms with Crippen LogP contribution in [0, 0.1) is 0 Å². The fourth-order valence-electron chi connectivity index (χ4n) is 4.16. The average molecular weight is 312 g/mol. The number of amides is 1. The summed E-state index contributed by atoms with van der Waals surface area (Å²) in [6, 6.07) is 8.50. The second kappa shape index (κ2) is 6.00. The van der Waals surface area contributed by atoms with Crippen LogP contribution < -0.4 is 5.32 Å². The zero-order valence-electron chi connectivity index (χ0n) is 13.5. The second-order valence-corrected chi connectivity index (χ2v) is 6.94. The first-order chi connectivity index (χ1) is 11.3. The van der Waals surface area contributed by atoms with Gasteiger partial charge in [-0.2, -0.15) is 0 Å². The lowest BCUT2D eigenvalue weighted by Gasteiger charge is -2.38. The third-order valence-corrected chi connectivity index (χ3v) is 5.39. The number of carbonyl (C=O) groups is 1. The minimum Gasteiger partial charge on any atom is -0.379 e. The summed E-state index contributed by atoms with van der Waals surface area (Å²) in [6.45, 7) is 2.66. The Bertz CT molecular complexity index is 626. The number of benzene rings is 1. The first-order valence-corrected chi connectivity index (χ1v) is 8.71. The maximum atomic E-state index is 12.6. The van der Waals surface area contributed by atoms with E-state index in [0.717, 1.165) is 12.1 Å². The van der Waals surface area contributed by atoms with E-state index in [1.165, 1.54) is 36.8 Å². The van der Waals surface area contributed by atoms with E-state index in [0.29, 0.717) is 26.3 Å². The number of morpholine rings is 1. The molecule has 0 atom stereocenters.